The summed E-state index contributed by atoms with van der Waals surface area (Å²) in [4.78, 5) is 49.2. The number of H-pyrrole nitrogens is 2. The highest BCUT2D eigenvalue weighted by Crippen LogP contribution is 2.34. The maximum absolute atomic E-state index is 12.2. The number of amides is 1. The summed E-state index contributed by atoms with van der Waals surface area (Å²) >= 11 is 1.39. The van der Waals surface area contributed by atoms with E-state index in [0.29, 0.717) is 44.5 Å². The Bertz CT molecular complexity index is 1870. The number of pyridine rings is 3. The third-order valence-electron chi connectivity index (χ3n) is 6.00. The van der Waals surface area contributed by atoms with Crippen molar-refractivity contribution in [2.45, 2.75) is 6.92 Å². The van der Waals surface area contributed by atoms with Gasteiger partial charge in [-0.3, -0.25) is 24.7 Å². The average Bonchev–Trinajstić information content (AvgIpc) is 3.65. The van der Waals surface area contributed by atoms with E-state index in [-0.39, 0.29) is 18.2 Å². The molecule has 0 aromatic carbocycles. The zero-order valence-electron chi connectivity index (χ0n) is 21.3. The number of anilines is 1. The molecule has 0 aliphatic carbocycles. The molecular weight excluding hydrogens is 514 g/mol. The van der Waals surface area contributed by atoms with Crippen molar-refractivity contribution in [2.75, 3.05) is 26.0 Å². The summed E-state index contributed by atoms with van der Waals surface area (Å²) in [5.74, 6) is 0.433. The average molecular weight is 538 g/mol. The van der Waals surface area contributed by atoms with Crippen molar-refractivity contribution in [1.82, 2.24) is 40.0 Å². The molecule has 6 aromatic rings. The van der Waals surface area contributed by atoms with E-state index in [1.807, 2.05) is 44.4 Å². The first-order valence-corrected chi connectivity index (χ1v) is 12.9. The molecular formula is C27H23N9O2S. The molecule has 39 heavy (non-hydrogen) atoms. The van der Waals surface area contributed by atoms with E-state index in [9.17, 15) is 9.59 Å². The van der Waals surface area contributed by atoms with Gasteiger partial charge in [-0.1, -0.05) is 0 Å². The zero-order valence-corrected chi connectivity index (χ0v) is 22.1. The van der Waals surface area contributed by atoms with Crippen LogP contribution in [0.4, 0.5) is 5.69 Å². The van der Waals surface area contributed by atoms with Crippen molar-refractivity contribution < 1.29 is 9.59 Å². The minimum Gasteiger partial charge on any atom is -0.336 e. The number of aromatic nitrogens is 7. The Morgan fingerprint density at radius 3 is 2.64 bits per heavy atom. The molecule has 11 nitrogen and oxygen atoms in total. The van der Waals surface area contributed by atoms with Crippen LogP contribution in [0.2, 0.25) is 0 Å². The number of fused-ring (bicyclic) bond motifs is 2. The molecule has 0 radical (unpaired) electrons. The molecule has 6 heterocycles. The molecule has 0 spiro atoms. The maximum Gasteiger partial charge on any atom is 0.238 e. The zero-order chi connectivity index (χ0) is 27.1. The number of carbonyl (C=O) groups excluding carboxylic acids is 2. The fourth-order valence-corrected chi connectivity index (χ4v) is 5.14. The SMILES string of the molecule is CC(=O)c1ccc(-c2nccc3[nH]c(-c4n[nH]c5ccc(-c6cncc(NC(=O)CN(C)C)c6)nc45)nc23)s1. The summed E-state index contributed by atoms with van der Waals surface area (Å²) in [7, 11) is 3.67. The number of ketones is 1. The van der Waals surface area contributed by atoms with Crippen LogP contribution < -0.4 is 5.32 Å². The van der Waals surface area contributed by atoms with Crippen LogP contribution in [-0.4, -0.2) is 72.3 Å². The Morgan fingerprint density at radius 2 is 1.85 bits per heavy atom. The van der Waals surface area contributed by atoms with Crippen molar-refractivity contribution in [3.05, 3.63) is 59.9 Å². The lowest BCUT2D eigenvalue weighted by Crippen LogP contribution is -2.27. The van der Waals surface area contributed by atoms with Gasteiger partial charge < -0.3 is 15.2 Å². The highest BCUT2D eigenvalue weighted by Gasteiger charge is 2.18. The number of likely N-dealkylation sites (N-methyl/N-ethyl adjacent to an activating group) is 1. The minimum atomic E-state index is -0.127. The predicted molar refractivity (Wildman–Crippen MR) is 151 cm³/mol. The van der Waals surface area contributed by atoms with Gasteiger partial charge in [0, 0.05) is 18.0 Å². The van der Waals surface area contributed by atoms with Crippen molar-refractivity contribution >= 4 is 50.8 Å². The number of carbonyl (C=O) groups is 2. The molecule has 0 saturated carbocycles. The molecule has 0 fully saturated rings. The summed E-state index contributed by atoms with van der Waals surface area (Å²) in [6.45, 7) is 1.82. The number of hydrogen-bond donors (Lipinski definition) is 3. The number of Topliss-reactive ketones (excluding diaryl/α,β-unsaturated/α-hetero) is 1. The van der Waals surface area contributed by atoms with Gasteiger partial charge >= 0.3 is 0 Å². The second-order valence-corrected chi connectivity index (χ2v) is 10.4. The number of rotatable bonds is 7. The molecule has 194 valence electrons. The lowest BCUT2D eigenvalue weighted by atomic mass is 10.1. The first-order valence-electron chi connectivity index (χ1n) is 12.1. The normalized spacial score (nSPS) is 11.5. The van der Waals surface area contributed by atoms with Crippen molar-refractivity contribution in [1.29, 1.82) is 0 Å². The summed E-state index contributed by atoms with van der Waals surface area (Å²) in [5.41, 5.74) is 6.14. The van der Waals surface area contributed by atoms with Crippen LogP contribution in [-0.2, 0) is 4.79 Å². The molecule has 0 atom stereocenters. The molecule has 12 heteroatoms. The third-order valence-corrected chi connectivity index (χ3v) is 7.19. The van der Waals surface area contributed by atoms with E-state index >= 15 is 0 Å². The van der Waals surface area contributed by atoms with Crippen LogP contribution in [0.1, 0.15) is 16.6 Å². The monoisotopic (exact) mass is 537 g/mol. The van der Waals surface area contributed by atoms with Crippen LogP contribution >= 0.6 is 11.3 Å². The first kappa shape index (κ1) is 24.5. The van der Waals surface area contributed by atoms with Crippen LogP contribution in [0.5, 0.6) is 0 Å². The highest BCUT2D eigenvalue weighted by molar-refractivity contribution is 7.17. The lowest BCUT2D eigenvalue weighted by Gasteiger charge is -2.10. The van der Waals surface area contributed by atoms with Crippen molar-refractivity contribution in [3.63, 3.8) is 0 Å². The molecule has 3 N–H and O–H groups in total. The molecule has 0 unspecified atom stereocenters. The molecule has 6 aromatic heterocycles. The Labute approximate surface area is 226 Å². The highest BCUT2D eigenvalue weighted by atomic mass is 32.1. The van der Waals surface area contributed by atoms with E-state index in [1.54, 1.807) is 36.5 Å². The maximum atomic E-state index is 12.2. The number of imidazole rings is 1. The van der Waals surface area contributed by atoms with Crippen LogP contribution in [0, 0.1) is 0 Å². The quantitative estimate of drug-likeness (QED) is 0.254. The largest absolute Gasteiger partial charge is 0.336 e. The van der Waals surface area contributed by atoms with Gasteiger partial charge in [0.2, 0.25) is 5.91 Å². The van der Waals surface area contributed by atoms with E-state index in [2.05, 4.69) is 30.5 Å². The second kappa shape index (κ2) is 9.82. The van der Waals surface area contributed by atoms with Gasteiger partial charge in [0.1, 0.15) is 16.7 Å². The Kier molecular flexibility index (Phi) is 6.17. The predicted octanol–water partition coefficient (Wildman–Crippen LogP) is 4.39. The number of hydrogen-bond acceptors (Lipinski definition) is 9. The number of nitrogens with zero attached hydrogens (tertiary/aromatic N) is 6. The summed E-state index contributed by atoms with van der Waals surface area (Å²) < 4.78 is 0. The van der Waals surface area contributed by atoms with Crippen LogP contribution in [0.3, 0.4) is 0 Å². The molecule has 0 aliphatic heterocycles. The topological polar surface area (TPSA) is 145 Å². The summed E-state index contributed by atoms with van der Waals surface area (Å²) in [6, 6.07) is 11.2. The Balaban J connectivity index is 1.37. The van der Waals surface area contributed by atoms with E-state index < -0.39 is 0 Å². The van der Waals surface area contributed by atoms with Gasteiger partial charge in [-0.25, -0.2) is 9.97 Å². The molecule has 0 aliphatic rings. The standard InChI is InChI=1S/C27H23N9O2S/c1-14(37)20-6-7-21(39-20)25-23-18(8-9-29-25)32-27(33-23)26-24-19(34-35-26)5-4-17(31-24)15-10-16(12-28-11-15)30-22(38)13-36(2)3/h4-12H,13H2,1-3H3,(H,30,38)(H,32,33)(H,34,35). The first-order chi connectivity index (χ1) is 18.9. The molecule has 6 rings (SSSR count). The van der Waals surface area contributed by atoms with Gasteiger partial charge in [-0.15, -0.1) is 11.3 Å². The van der Waals surface area contributed by atoms with Gasteiger partial charge in [0.15, 0.2) is 17.3 Å². The lowest BCUT2D eigenvalue weighted by molar-refractivity contribution is -0.116. The second-order valence-electron chi connectivity index (χ2n) is 9.27. The van der Waals surface area contributed by atoms with Crippen molar-refractivity contribution in [3.8, 4) is 33.3 Å². The molecule has 1 amide bonds. The van der Waals surface area contributed by atoms with Crippen LogP contribution in [0.25, 0.3) is 55.4 Å². The fourth-order valence-electron chi connectivity index (χ4n) is 4.24. The van der Waals surface area contributed by atoms with E-state index in [0.717, 1.165) is 21.5 Å². The number of thiophene rings is 1. The Morgan fingerprint density at radius 1 is 1.00 bits per heavy atom. The van der Waals surface area contributed by atoms with Crippen LogP contribution in [0.15, 0.2) is 55.0 Å². The molecule has 0 bridgehead atoms. The molecule has 0 saturated heterocycles. The van der Waals surface area contributed by atoms with Crippen molar-refractivity contribution in [2.24, 2.45) is 0 Å². The van der Waals surface area contributed by atoms with Gasteiger partial charge in [-0.2, -0.15) is 5.10 Å². The van der Waals surface area contributed by atoms with E-state index in [1.165, 1.54) is 11.3 Å². The number of aromatic amines is 2. The summed E-state index contributed by atoms with van der Waals surface area (Å²) in [5, 5.41) is 10.4. The van der Waals surface area contributed by atoms with E-state index in [4.69, 9.17) is 9.97 Å². The third kappa shape index (κ3) is 4.78. The number of nitrogens with one attached hydrogen (secondary N) is 3. The van der Waals surface area contributed by atoms with Gasteiger partial charge in [0.25, 0.3) is 0 Å². The smallest absolute Gasteiger partial charge is 0.238 e. The fraction of sp³-hybridized carbons (Fsp3) is 0.148. The minimum absolute atomic E-state index is 0.0164. The Hall–Kier alpha value is -4.81. The van der Waals surface area contributed by atoms with Gasteiger partial charge in [0.05, 0.1) is 44.9 Å². The summed E-state index contributed by atoms with van der Waals surface area (Å²) in [6.07, 6.45) is 5.01. The van der Waals surface area contributed by atoms with Gasteiger partial charge in [-0.05, 0) is 57.4 Å².